The smallest absolute Gasteiger partial charge is 0.0525 e. The lowest BCUT2D eigenvalue weighted by Crippen LogP contribution is -2.34. The van der Waals surface area contributed by atoms with E-state index >= 15 is 0 Å². The summed E-state index contributed by atoms with van der Waals surface area (Å²) in [7, 11) is 0. The second-order valence-electron chi connectivity index (χ2n) is 6.66. The summed E-state index contributed by atoms with van der Waals surface area (Å²) in [5.41, 5.74) is 0. The van der Waals surface area contributed by atoms with Crippen molar-refractivity contribution in [2.45, 2.75) is 77.8 Å². The Bertz CT molecular complexity index is 315. The molecule has 0 heterocycles. The van der Waals surface area contributed by atoms with Gasteiger partial charge in [0.1, 0.15) is 0 Å². The lowest BCUT2D eigenvalue weighted by atomic mass is 9.77. The fourth-order valence-electron chi connectivity index (χ4n) is 3.66. The first-order valence-electron chi connectivity index (χ1n) is 8.21. The maximum absolute atomic E-state index is 4.96. The Labute approximate surface area is 118 Å². The van der Waals surface area contributed by atoms with Gasteiger partial charge in [-0.3, -0.25) is 9.98 Å². The summed E-state index contributed by atoms with van der Waals surface area (Å²) in [5, 5.41) is 0. The number of hydrogen-bond acceptors (Lipinski definition) is 2. The number of aliphatic imine (C=N–C) groups is 2. The minimum Gasteiger partial charge on any atom is -0.294 e. The van der Waals surface area contributed by atoms with Gasteiger partial charge >= 0.3 is 0 Å². The summed E-state index contributed by atoms with van der Waals surface area (Å²) in [4.78, 5) is 9.58. The van der Waals surface area contributed by atoms with Crippen molar-refractivity contribution in [2.24, 2.45) is 27.7 Å². The van der Waals surface area contributed by atoms with E-state index in [9.17, 15) is 0 Å². The van der Waals surface area contributed by atoms with Gasteiger partial charge in [-0.25, -0.2) is 0 Å². The quantitative estimate of drug-likeness (QED) is 0.668. The van der Waals surface area contributed by atoms with Gasteiger partial charge in [-0.1, -0.05) is 33.1 Å². The van der Waals surface area contributed by atoms with Crippen LogP contribution in [0.5, 0.6) is 0 Å². The van der Waals surface area contributed by atoms with Crippen molar-refractivity contribution in [2.75, 3.05) is 0 Å². The molecule has 108 valence electrons. The summed E-state index contributed by atoms with van der Waals surface area (Å²) in [6.07, 6.45) is 13.7. The molecule has 0 aromatic heterocycles. The fourth-order valence-corrected chi connectivity index (χ4v) is 3.66. The third-order valence-electron chi connectivity index (χ3n) is 5.02. The highest BCUT2D eigenvalue weighted by atomic mass is 14.8. The molecule has 0 bridgehead atoms. The zero-order valence-electron chi connectivity index (χ0n) is 12.9. The first-order chi connectivity index (χ1) is 9.20. The van der Waals surface area contributed by atoms with Gasteiger partial charge in [0.05, 0.1) is 12.1 Å². The van der Waals surface area contributed by atoms with Gasteiger partial charge in [-0.2, -0.15) is 0 Å². The van der Waals surface area contributed by atoms with Crippen molar-refractivity contribution in [3.05, 3.63) is 0 Å². The summed E-state index contributed by atoms with van der Waals surface area (Å²) in [5.74, 6) is 2.13. The molecule has 0 aromatic carbocycles. The number of nitrogens with zero attached hydrogens (tertiary/aromatic N) is 2. The van der Waals surface area contributed by atoms with E-state index in [1.54, 1.807) is 0 Å². The Hall–Kier alpha value is -0.660. The highest BCUT2D eigenvalue weighted by Gasteiger charge is 2.31. The molecule has 0 N–H and O–H groups in total. The first-order valence-corrected chi connectivity index (χ1v) is 8.21. The van der Waals surface area contributed by atoms with Crippen molar-refractivity contribution < 1.29 is 0 Å². The van der Waals surface area contributed by atoms with E-state index in [2.05, 4.69) is 25.1 Å². The SMILES string of the molecule is CC=NC1CC(C)C(N=CC2CCCCC2)CC1C. The van der Waals surface area contributed by atoms with Gasteiger partial charge in [0.2, 0.25) is 0 Å². The Balaban J connectivity index is 1.88. The molecule has 19 heavy (non-hydrogen) atoms. The van der Waals surface area contributed by atoms with Crippen LogP contribution in [0.15, 0.2) is 9.98 Å². The topological polar surface area (TPSA) is 24.7 Å². The van der Waals surface area contributed by atoms with Gasteiger partial charge in [-0.15, -0.1) is 0 Å². The van der Waals surface area contributed by atoms with Gasteiger partial charge < -0.3 is 0 Å². The van der Waals surface area contributed by atoms with Crippen LogP contribution < -0.4 is 0 Å². The molecule has 2 nitrogen and oxygen atoms in total. The molecule has 0 amide bonds. The first kappa shape index (κ1) is 14.7. The van der Waals surface area contributed by atoms with E-state index in [4.69, 9.17) is 4.99 Å². The van der Waals surface area contributed by atoms with Gasteiger partial charge in [-0.05, 0) is 56.6 Å². The number of rotatable bonds is 3. The van der Waals surface area contributed by atoms with Crippen LogP contribution in [-0.4, -0.2) is 24.5 Å². The van der Waals surface area contributed by atoms with Crippen LogP contribution in [0.1, 0.15) is 65.7 Å². The van der Waals surface area contributed by atoms with E-state index in [0.29, 0.717) is 23.9 Å². The van der Waals surface area contributed by atoms with Crippen LogP contribution >= 0.6 is 0 Å². The monoisotopic (exact) mass is 262 g/mol. The predicted molar refractivity (Wildman–Crippen MR) is 84.4 cm³/mol. The van der Waals surface area contributed by atoms with E-state index in [-0.39, 0.29) is 0 Å². The van der Waals surface area contributed by atoms with E-state index in [0.717, 1.165) is 5.92 Å². The largest absolute Gasteiger partial charge is 0.294 e. The van der Waals surface area contributed by atoms with Crippen LogP contribution in [0.3, 0.4) is 0 Å². The molecule has 2 aliphatic carbocycles. The van der Waals surface area contributed by atoms with Crippen LogP contribution in [0.4, 0.5) is 0 Å². The fraction of sp³-hybridized carbons (Fsp3) is 0.882. The van der Waals surface area contributed by atoms with Crippen LogP contribution in [0, 0.1) is 17.8 Å². The second kappa shape index (κ2) is 7.21. The maximum atomic E-state index is 4.96. The van der Waals surface area contributed by atoms with Gasteiger partial charge in [0, 0.05) is 6.21 Å². The third-order valence-corrected chi connectivity index (χ3v) is 5.02. The van der Waals surface area contributed by atoms with E-state index in [1.165, 1.54) is 44.9 Å². The molecule has 0 radical (unpaired) electrons. The lowest BCUT2D eigenvalue weighted by Gasteiger charge is -2.35. The molecule has 2 rings (SSSR count). The van der Waals surface area contributed by atoms with Crippen molar-refractivity contribution in [3.8, 4) is 0 Å². The summed E-state index contributed by atoms with van der Waals surface area (Å²) in [6, 6.07) is 1.07. The summed E-state index contributed by atoms with van der Waals surface area (Å²) >= 11 is 0. The highest BCUT2D eigenvalue weighted by molar-refractivity contribution is 5.61. The van der Waals surface area contributed by atoms with Crippen LogP contribution in [-0.2, 0) is 0 Å². The van der Waals surface area contributed by atoms with Crippen LogP contribution in [0.2, 0.25) is 0 Å². The van der Waals surface area contributed by atoms with Crippen molar-refractivity contribution >= 4 is 12.4 Å². The average molecular weight is 262 g/mol. The molecule has 0 saturated heterocycles. The Morgan fingerprint density at radius 3 is 2.00 bits per heavy atom. The normalized spacial score (nSPS) is 38.3. The summed E-state index contributed by atoms with van der Waals surface area (Å²) in [6.45, 7) is 6.73. The Morgan fingerprint density at radius 1 is 0.842 bits per heavy atom. The van der Waals surface area contributed by atoms with Gasteiger partial charge in [0.25, 0.3) is 0 Å². The molecule has 4 atom stereocenters. The molecule has 2 fully saturated rings. The molecule has 0 aliphatic heterocycles. The Kier molecular flexibility index (Phi) is 5.59. The second-order valence-corrected chi connectivity index (χ2v) is 6.66. The van der Waals surface area contributed by atoms with Gasteiger partial charge in [0.15, 0.2) is 0 Å². The minimum absolute atomic E-state index is 0.529. The molecule has 2 heteroatoms. The average Bonchev–Trinajstić information content (AvgIpc) is 2.42. The third kappa shape index (κ3) is 4.15. The van der Waals surface area contributed by atoms with E-state index in [1.807, 2.05) is 13.1 Å². The highest BCUT2D eigenvalue weighted by Crippen LogP contribution is 2.33. The van der Waals surface area contributed by atoms with Crippen LogP contribution in [0.25, 0.3) is 0 Å². The van der Waals surface area contributed by atoms with Crippen molar-refractivity contribution in [1.29, 1.82) is 0 Å². The molecular formula is C17H30N2. The molecule has 2 aliphatic rings. The Morgan fingerprint density at radius 2 is 1.42 bits per heavy atom. The van der Waals surface area contributed by atoms with E-state index < -0.39 is 0 Å². The lowest BCUT2D eigenvalue weighted by molar-refractivity contribution is 0.235. The van der Waals surface area contributed by atoms with Crippen molar-refractivity contribution in [1.82, 2.24) is 0 Å². The summed E-state index contributed by atoms with van der Waals surface area (Å²) < 4.78 is 0. The van der Waals surface area contributed by atoms with Crippen molar-refractivity contribution in [3.63, 3.8) is 0 Å². The number of hydrogen-bond donors (Lipinski definition) is 0. The molecule has 4 unspecified atom stereocenters. The molecular weight excluding hydrogens is 232 g/mol. The molecule has 0 spiro atoms. The standard InChI is InChI=1S/C17H30N2/c1-4-18-16-10-14(3)17(11-13(16)2)19-12-15-8-6-5-7-9-15/h4,12-17H,5-11H2,1-3H3. The predicted octanol–water partition coefficient (Wildman–Crippen LogP) is 4.53. The minimum atomic E-state index is 0.529. The zero-order chi connectivity index (χ0) is 13.7. The molecule has 2 saturated carbocycles. The maximum Gasteiger partial charge on any atom is 0.0525 e. The zero-order valence-corrected chi connectivity index (χ0v) is 12.9. The molecule has 0 aromatic rings.